The van der Waals surface area contributed by atoms with Gasteiger partial charge in [0.2, 0.25) is 5.91 Å². The first kappa shape index (κ1) is 21.9. The molecule has 1 N–H and O–H groups in total. The minimum Gasteiger partial charge on any atom is -0.497 e. The van der Waals surface area contributed by atoms with Crippen LogP contribution in [0.4, 0.5) is 5.69 Å². The van der Waals surface area contributed by atoms with Gasteiger partial charge < -0.3 is 10.1 Å². The average Bonchev–Trinajstić information content (AvgIpc) is 3.71. The summed E-state index contributed by atoms with van der Waals surface area (Å²) in [6.07, 6.45) is 3.15. The molecule has 6 heteroatoms. The molecule has 1 aliphatic rings. The highest BCUT2D eigenvalue weighted by Gasteiger charge is 2.29. The predicted molar refractivity (Wildman–Crippen MR) is 133 cm³/mol. The Morgan fingerprint density at radius 3 is 2.50 bits per heavy atom. The predicted octanol–water partition coefficient (Wildman–Crippen LogP) is 4.90. The van der Waals surface area contributed by atoms with E-state index in [-0.39, 0.29) is 11.5 Å². The quantitative estimate of drug-likeness (QED) is 0.412. The molecule has 0 saturated heterocycles. The molecule has 0 aliphatic heterocycles. The van der Waals surface area contributed by atoms with E-state index in [0.29, 0.717) is 41.9 Å². The van der Waals surface area contributed by atoms with Gasteiger partial charge in [-0.1, -0.05) is 42.5 Å². The van der Waals surface area contributed by atoms with E-state index in [2.05, 4.69) is 5.32 Å². The van der Waals surface area contributed by atoms with Crippen molar-refractivity contribution in [2.75, 3.05) is 12.4 Å². The topological polar surface area (TPSA) is 73.2 Å². The van der Waals surface area contributed by atoms with Crippen molar-refractivity contribution in [2.24, 2.45) is 0 Å². The number of carbonyl (C=O) groups is 1. The van der Waals surface area contributed by atoms with Crippen molar-refractivity contribution in [3.8, 4) is 5.75 Å². The van der Waals surface area contributed by atoms with Gasteiger partial charge in [-0.2, -0.15) is 0 Å². The summed E-state index contributed by atoms with van der Waals surface area (Å²) in [5.41, 5.74) is 3.33. The van der Waals surface area contributed by atoms with Gasteiger partial charge in [-0.15, -0.1) is 0 Å². The van der Waals surface area contributed by atoms with Crippen molar-refractivity contribution in [3.05, 3.63) is 100 Å². The summed E-state index contributed by atoms with van der Waals surface area (Å²) in [4.78, 5) is 30.9. The largest absolute Gasteiger partial charge is 0.497 e. The molecule has 6 nitrogen and oxygen atoms in total. The Morgan fingerprint density at radius 1 is 1.03 bits per heavy atom. The lowest BCUT2D eigenvalue weighted by atomic mass is 10.1. The van der Waals surface area contributed by atoms with Crippen molar-refractivity contribution in [1.82, 2.24) is 9.55 Å². The number of methoxy groups -OCH3 is 1. The number of amides is 1. The van der Waals surface area contributed by atoms with E-state index >= 15 is 0 Å². The van der Waals surface area contributed by atoms with Gasteiger partial charge in [0.1, 0.15) is 11.6 Å². The third kappa shape index (κ3) is 4.86. The molecule has 1 amide bonds. The third-order valence-corrected chi connectivity index (χ3v) is 6.19. The molecular weight excluding hydrogens is 426 g/mol. The van der Waals surface area contributed by atoms with E-state index < -0.39 is 0 Å². The molecule has 1 saturated carbocycles. The number of nitrogens with one attached hydrogen (secondary N) is 1. The highest BCUT2D eigenvalue weighted by Crippen LogP contribution is 2.39. The van der Waals surface area contributed by atoms with Gasteiger partial charge in [-0.25, -0.2) is 4.98 Å². The Morgan fingerprint density at radius 2 is 1.79 bits per heavy atom. The molecule has 34 heavy (non-hydrogen) atoms. The zero-order valence-electron chi connectivity index (χ0n) is 19.2. The third-order valence-electron chi connectivity index (χ3n) is 6.19. The molecule has 1 fully saturated rings. The number of hydrogen-bond donors (Lipinski definition) is 1. The summed E-state index contributed by atoms with van der Waals surface area (Å²) in [5, 5.41) is 3.45. The van der Waals surface area contributed by atoms with Gasteiger partial charge in [-0.3, -0.25) is 14.2 Å². The summed E-state index contributed by atoms with van der Waals surface area (Å²) in [6.45, 7) is 0.450. The van der Waals surface area contributed by atoms with E-state index in [1.54, 1.807) is 17.7 Å². The lowest BCUT2D eigenvalue weighted by Gasteiger charge is -2.14. The van der Waals surface area contributed by atoms with Gasteiger partial charge in [0.05, 0.1) is 24.6 Å². The number of hydrogen-bond acceptors (Lipinski definition) is 4. The Hall–Kier alpha value is -3.93. The van der Waals surface area contributed by atoms with Gasteiger partial charge in [0, 0.05) is 18.0 Å². The monoisotopic (exact) mass is 453 g/mol. The zero-order chi connectivity index (χ0) is 23.5. The zero-order valence-corrected chi connectivity index (χ0v) is 19.2. The Bertz CT molecular complexity index is 1370. The lowest BCUT2D eigenvalue weighted by Crippen LogP contribution is -2.26. The van der Waals surface area contributed by atoms with Crippen LogP contribution in [0.15, 0.2) is 77.6 Å². The second kappa shape index (κ2) is 9.51. The van der Waals surface area contributed by atoms with Crippen LogP contribution in [0, 0.1) is 0 Å². The summed E-state index contributed by atoms with van der Waals surface area (Å²) in [7, 11) is 1.63. The fourth-order valence-corrected chi connectivity index (χ4v) is 4.16. The molecule has 0 bridgehead atoms. The molecule has 1 heterocycles. The lowest BCUT2D eigenvalue weighted by molar-refractivity contribution is -0.116. The molecule has 5 rings (SSSR count). The highest BCUT2D eigenvalue weighted by atomic mass is 16.5. The van der Waals surface area contributed by atoms with Crippen LogP contribution in [0.1, 0.15) is 42.1 Å². The second-order valence-electron chi connectivity index (χ2n) is 8.75. The van der Waals surface area contributed by atoms with Crippen molar-refractivity contribution in [1.29, 1.82) is 0 Å². The van der Waals surface area contributed by atoms with Crippen molar-refractivity contribution in [3.63, 3.8) is 0 Å². The van der Waals surface area contributed by atoms with E-state index in [0.717, 1.165) is 35.5 Å². The SMILES string of the molecule is COc1ccc(Cn2c(C3CC3)nc3ccc(NC(=O)CCc4ccccc4)cc3c2=O)cc1. The first-order valence-corrected chi connectivity index (χ1v) is 11.6. The number of ether oxygens (including phenoxy) is 1. The first-order chi connectivity index (χ1) is 16.6. The highest BCUT2D eigenvalue weighted by molar-refractivity contribution is 5.93. The van der Waals surface area contributed by atoms with Crippen molar-refractivity contribution < 1.29 is 9.53 Å². The molecule has 0 radical (unpaired) electrons. The maximum absolute atomic E-state index is 13.5. The van der Waals surface area contributed by atoms with Crippen LogP contribution < -0.4 is 15.6 Å². The van der Waals surface area contributed by atoms with Gasteiger partial charge >= 0.3 is 0 Å². The fourth-order valence-electron chi connectivity index (χ4n) is 4.16. The maximum atomic E-state index is 13.5. The molecule has 0 spiro atoms. The number of carbonyl (C=O) groups excluding carboxylic acids is 1. The minimum atomic E-state index is -0.0805. The molecule has 0 atom stereocenters. The molecule has 3 aromatic carbocycles. The Kier molecular flexibility index (Phi) is 6.12. The molecule has 1 aromatic heterocycles. The number of aryl methyl sites for hydroxylation is 1. The Balaban J connectivity index is 1.40. The minimum absolute atomic E-state index is 0.0793. The molecule has 1 aliphatic carbocycles. The van der Waals surface area contributed by atoms with E-state index in [1.807, 2.05) is 66.7 Å². The standard InChI is InChI=1S/C28H27N3O3/c1-34-23-13-7-20(8-14-23)18-31-27(21-10-11-21)30-25-15-12-22(17-24(25)28(31)33)29-26(32)16-9-19-5-3-2-4-6-19/h2-8,12-15,17,21H,9-11,16,18H2,1H3,(H,29,32). The Labute approximate surface area is 198 Å². The molecule has 4 aromatic rings. The first-order valence-electron chi connectivity index (χ1n) is 11.6. The van der Waals surface area contributed by atoms with E-state index in [9.17, 15) is 9.59 Å². The number of anilines is 1. The maximum Gasteiger partial charge on any atom is 0.261 e. The summed E-state index contributed by atoms with van der Waals surface area (Å²) >= 11 is 0. The molecular formula is C28H27N3O3. The second-order valence-corrected chi connectivity index (χ2v) is 8.75. The van der Waals surface area contributed by atoms with Gasteiger partial charge in [-0.05, 0) is 60.7 Å². The smallest absolute Gasteiger partial charge is 0.261 e. The summed E-state index contributed by atoms with van der Waals surface area (Å²) in [5.74, 6) is 1.87. The van der Waals surface area contributed by atoms with Crippen molar-refractivity contribution >= 4 is 22.5 Å². The molecule has 0 unspecified atom stereocenters. The molecule has 172 valence electrons. The summed E-state index contributed by atoms with van der Waals surface area (Å²) < 4.78 is 7.03. The van der Waals surface area contributed by atoms with Crippen LogP contribution in [-0.4, -0.2) is 22.6 Å². The van der Waals surface area contributed by atoms with Crippen LogP contribution in [-0.2, 0) is 17.8 Å². The number of fused-ring (bicyclic) bond motifs is 1. The number of benzene rings is 3. The number of nitrogens with zero attached hydrogens (tertiary/aromatic N) is 2. The fraction of sp³-hybridized carbons (Fsp3) is 0.250. The van der Waals surface area contributed by atoms with Crippen LogP contribution in [0.5, 0.6) is 5.75 Å². The van der Waals surface area contributed by atoms with E-state index in [1.165, 1.54) is 0 Å². The number of aromatic nitrogens is 2. The average molecular weight is 454 g/mol. The van der Waals surface area contributed by atoms with Crippen LogP contribution in [0.2, 0.25) is 0 Å². The van der Waals surface area contributed by atoms with Crippen LogP contribution in [0.3, 0.4) is 0 Å². The van der Waals surface area contributed by atoms with Gasteiger partial charge in [0.15, 0.2) is 0 Å². The van der Waals surface area contributed by atoms with Crippen molar-refractivity contribution in [2.45, 2.75) is 38.1 Å². The van der Waals surface area contributed by atoms with Gasteiger partial charge in [0.25, 0.3) is 5.56 Å². The summed E-state index contributed by atoms with van der Waals surface area (Å²) in [6, 6.07) is 23.0. The normalized spacial score (nSPS) is 13.1. The number of rotatable bonds is 8. The van der Waals surface area contributed by atoms with Crippen LogP contribution >= 0.6 is 0 Å². The van der Waals surface area contributed by atoms with E-state index in [4.69, 9.17) is 9.72 Å². The van der Waals surface area contributed by atoms with Crippen LogP contribution in [0.25, 0.3) is 10.9 Å².